The lowest BCUT2D eigenvalue weighted by Crippen LogP contribution is -2.26. The maximum atomic E-state index is 12.4. The van der Waals surface area contributed by atoms with Crippen molar-refractivity contribution in [1.82, 2.24) is 10.1 Å². The van der Waals surface area contributed by atoms with Gasteiger partial charge in [-0.15, -0.1) is 0 Å². The van der Waals surface area contributed by atoms with Crippen LogP contribution in [0.2, 0.25) is 5.02 Å². The largest absolute Gasteiger partial charge is 0.273 e. The quantitative estimate of drug-likeness (QED) is 0.736. The van der Waals surface area contributed by atoms with Crippen LogP contribution in [0.25, 0.3) is 0 Å². The lowest BCUT2D eigenvalue weighted by Gasteiger charge is -2.13. The van der Waals surface area contributed by atoms with Gasteiger partial charge in [0.05, 0.1) is 10.6 Å². The Morgan fingerprint density at radius 2 is 1.83 bits per heavy atom. The molecule has 152 valence electrons. The maximum Gasteiger partial charge on any atom is 0.240 e. The highest BCUT2D eigenvalue weighted by molar-refractivity contribution is 7.89. The molecule has 4 rings (SSSR count). The summed E-state index contributed by atoms with van der Waals surface area (Å²) in [6, 6.07) is 12.5. The number of carbonyl (C=O) groups excluding carboxylic acids is 1. The standard InChI is InChI=1S/C21H22ClN3O3S/c22-18-3-5-19(6-4-18)29(27,28)23-10-9-14-11-15-1-2-16(13-17(15)12-14)20-7-8-21(26)25-24-20/h1-6,13-14,23H,7-12H2,(H,25,26). The number of sulfonamides is 1. The molecule has 2 N–H and O–H groups in total. The van der Waals surface area contributed by atoms with Gasteiger partial charge in [0.25, 0.3) is 0 Å². The monoisotopic (exact) mass is 431 g/mol. The van der Waals surface area contributed by atoms with Crippen LogP contribution < -0.4 is 10.1 Å². The summed E-state index contributed by atoms with van der Waals surface area (Å²) in [5, 5.41) is 4.68. The summed E-state index contributed by atoms with van der Waals surface area (Å²) < 4.78 is 27.4. The highest BCUT2D eigenvalue weighted by Crippen LogP contribution is 2.30. The van der Waals surface area contributed by atoms with Crippen LogP contribution in [0.4, 0.5) is 0 Å². The van der Waals surface area contributed by atoms with Crippen LogP contribution in [0.3, 0.4) is 0 Å². The van der Waals surface area contributed by atoms with Gasteiger partial charge in [-0.2, -0.15) is 5.10 Å². The molecular weight excluding hydrogens is 410 g/mol. The molecule has 1 aliphatic heterocycles. The molecule has 1 amide bonds. The van der Waals surface area contributed by atoms with Gasteiger partial charge in [0.15, 0.2) is 0 Å². The molecule has 0 spiro atoms. The van der Waals surface area contributed by atoms with Crippen LogP contribution in [0.15, 0.2) is 52.5 Å². The molecule has 29 heavy (non-hydrogen) atoms. The highest BCUT2D eigenvalue weighted by Gasteiger charge is 2.23. The number of carbonyl (C=O) groups is 1. The third-order valence-electron chi connectivity index (χ3n) is 5.43. The number of hydrogen-bond acceptors (Lipinski definition) is 4. The summed E-state index contributed by atoms with van der Waals surface area (Å²) >= 11 is 5.82. The summed E-state index contributed by atoms with van der Waals surface area (Å²) in [4.78, 5) is 11.5. The molecule has 0 fully saturated rings. The zero-order valence-electron chi connectivity index (χ0n) is 15.8. The van der Waals surface area contributed by atoms with Gasteiger partial charge in [0.2, 0.25) is 15.9 Å². The Hall–Kier alpha value is -2.22. The van der Waals surface area contributed by atoms with Gasteiger partial charge < -0.3 is 0 Å². The summed E-state index contributed by atoms with van der Waals surface area (Å²) in [7, 11) is -3.52. The molecule has 1 heterocycles. The number of hydrogen-bond donors (Lipinski definition) is 2. The molecule has 1 aliphatic carbocycles. The predicted octanol–water partition coefficient (Wildman–Crippen LogP) is 3.04. The van der Waals surface area contributed by atoms with Crippen molar-refractivity contribution in [3.63, 3.8) is 0 Å². The number of halogens is 1. The van der Waals surface area contributed by atoms with E-state index in [9.17, 15) is 13.2 Å². The number of nitrogens with one attached hydrogen (secondary N) is 2. The minimum atomic E-state index is -3.52. The SMILES string of the molecule is O=C1CCC(c2ccc3c(c2)CC(CCNS(=O)(=O)c2ccc(Cl)cc2)C3)=NN1. The highest BCUT2D eigenvalue weighted by atomic mass is 35.5. The van der Waals surface area contributed by atoms with Gasteiger partial charge in [-0.1, -0.05) is 23.7 Å². The van der Waals surface area contributed by atoms with Gasteiger partial charge in [0.1, 0.15) is 0 Å². The molecular formula is C21H22ClN3O3S. The Labute approximate surface area is 175 Å². The van der Waals surface area contributed by atoms with Crippen LogP contribution in [0.5, 0.6) is 0 Å². The lowest BCUT2D eigenvalue weighted by molar-refractivity contribution is -0.121. The molecule has 0 bridgehead atoms. The minimum Gasteiger partial charge on any atom is -0.273 e. The van der Waals surface area contributed by atoms with E-state index in [1.165, 1.54) is 23.3 Å². The molecule has 2 aromatic rings. The van der Waals surface area contributed by atoms with E-state index in [0.29, 0.717) is 30.3 Å². The van der Waals surface area contributed by atoms with E-state index in [4.69, 9.17) is 11.6 Å². The van der Waals surface area contributed by atoms with Crippen molar-refractivity contribution in [2.24, 2.45) is 11.0 Å². The number of fused-ring (bicyclic) bond motifs is 1. The first-order valence-electron chi connectivity index (χ1n) is 9.63. The van der Waals surface area contributed by atoms with Gasteiger partial charge in [-0.05, 0) is 72.2 Å². The zero-order chi connectivity index (χ0) is 20.4. The maximum absolute atomic E-state index is 12.4. The van der Waals surface area contributed by atoms with Gasteiger partial charge in [0, 0.05) is 24.4 Å². The Bertz CT molecular complexity index is 1070. The molecule has 0 saturated carbocycles. The topological polar surface area (TPSA) is 87.6 Å². The second kappa shape index (κ2) is 8.26. The van der Waals surface area contributed by atoms with Crippen molar-refractivity contribution in [3.8, 4) is 0 Å². The van der Waals surface area contributed by atoms with E-state index in [-0.39, 0.29) is 10.8 Å². The van der Waals surface area contributed by atoms with E-state index < -0.39 is 10.0 Å². The molecule has 1 atom stereocenters. The minimum absolute atomic E-state index is 0.0453. The van der Waals surface area contributed by atoms with E-state index in [0.717, 1.165) is 30.5 Å². The third-order valence-corrected chi connectivity index (χ3v) is 7.16. The Kier molecular flexibility index (Phi) is 5.72. The van der Waals surface area contributed by atoms with Crippen molar-refractivity contribution in [2.45, 2.75) is 37.0 Å². The predicted molar refractivity (Wildman–Crippen MR) is 113 cm³/mol. The van der Waals surface area contributed by atoms with Crippen molar-refractivity contribution in [2.75, 3.05) is 6.54 Å². The number of hydrazone groups is 1. The Morgan fingerprint density at radius 3 is 2.55 bits per heavy atom. The number of rotatable bonds is 6. The average Bonchev–Trinajstić information content (AvgIpc) is 3.10. The number of amides is 1. The van der Waals surface area contributed by atoms with Crippen LogP contribution in [0, 0.1) is 5.92 Å². The zero-order valence-corrected chi connectivity index (χ0v) is 17.4. The van der Waals surface area contributed by atoms with E-state index in [1.807, 2.05) is 0 Å². The second-order valence-electron chi connectivity index (χ2n) is 7.49. The summed E-state index contributed by atoms with van der Waals surface area (Å²) in [5.41, 5.74) is 7.09. The fourth-order valence-corrected chi connectivity index (χ4v) is 5.04. The number of nitrogens with zero attached hydrogens (tertiary/aromatic N) is 1. The first-order chi connectivity index (χ1) is 13.9. The van der Waals surface area contributed by atoms with Crippen LogP contribution in [0.1, 0.15) is 36.0 Å². The summed E-state index contributed by atoms with van der Waals surface area (Å²) in [6.45, 7) is 0.398. The Morgan fingerprint density at radius 1 is 1.07 bits per heavy atom. The van der Waals surface area contributed by atoms with Crippen LogP contribution in [-0.2, 0) is 27.7 Å². The summed E-state index contributed by atoms with van der Waals surface area (Å²) in [5.74, 6) is 0.359. The van der Waals surface area contributed by atoms with Crippen molar-refractivity contribution < 1.29 is 13.2 Å². The average molecular weight is 432 g/mol. The molecule has 8 heteroatoms. The van der Waals surface area contributed by atoms with E-state index in [1.54, 1.807) is 12.1 Å². The van der Waals surface area contributed by atoms with Crippen LogP contribution >= 0.6 is 11.6 Å². The molecule has 0 aromatic heterocycles. The lowest BCUT2D eigenvalue weighted by atomic mass is 10.00. The molecule has 6 nitrogen and oxygen atoms in total. The van der Waals surface area contributed by atoms with Gasteiger partial charge in [-0.25, -0.2) is 18.6 Å². The third kappa shape index (κ3) is 4.69. The van der Waals surface area contributed by atoms with Gasteiger partial charge >= 0.3 is 0 Å². The fourth-order valence-electron chi connectivity index (χ4n) is 3.87. The van der Waals surface area contributed by atoms with Crippen molar-refractivity contribution >= 4 is 33.2 Å². The van der Waals surface area contributed by atoms with Crippen molar-refractivity contribution in [3.05, 3.63) is 64.2 Å². The van der Waals surface area contributed by atoms with Crippen LogP contribution in [-0.4, -0.2) is 26.6 Å². The smallest absolute Gasteiger partial charge is 0.240 e. The molecule has 1 unspecified atom stereocenters. The molecule has 2 aromatic carbocycles. The summed E-state index contributed by atoms with van der Waals surface area (Å²) in [6.07, 6.45) is 3.76. The molecule has 0 saturated heterocycles. The molecule has 2 aliphatic rings. The fraction of sp³-hybridized carbons (Fsp3) is 0.333. The first kappa shape index (κ1) is 20.1. The van der Waals surface area contributed by atoms with Gasteiger partial charge in [-0.3, -0.25) is 4.79 Å². The number of benzene rings is 2. The van der Waals surface area contributed by atoms with Crippen molar-refractivity contribution in [1.29, 1.82) is 0 Å². The molecule has 0 radical (unpaired) electrons. The first-order valence-corrected chi connectivity index (χ1v) is 11.5. The van der Waals surface area contributed by atoms with E-state index >= 15 is 0 Å². The van der Waals surface area contributed by atoms with E-state index in [2.05, 4.69) is 33.4 Å². The normalized spacial score (nSPS) is 18.9. The second-order valence-corrected chi connectivity index (χ2v) is 9.69. The Balaban J connectivity index is 1.34.